The zero-order chi connectivity index (χ0) is 18.0. The lowest BCUT2D eigenvalue weighted by Crippen LogP contribution is -2.39. The highest BCUT2D eigenvalue weighted by Crippen LogP contribution is 2.10. The van der Waals surface area contributed by atoms with Gasteiger partial charge in [-0.15, -0.1) is 24.0 Å². The molecule has 25 heavy (non-hydrogen) atoms. The summed E-state index contributed by atoms with van der Waals surface area (Å²) in [7, 11) is -1.41. The van der Waals surface area contributed by atoms with Gasteiger partial charge in [0.15, 0.2) is 15.8 Å². The van der Waals surface area contributed by atoms with Crippen LogP contribution >= 0.6 is 24.0 Å². The van der Waals surface area contributed by atoms with E-state index in [-0.39, 0.29) is 24.0 Å². The standard InChI is InChI=1S/C17H29N3O3S.HI/c1-14(2)13-23-12-11-20-17(18-3)19-10-9-15-5-7-16(8-6-15)24(4,21)22;/h5-8,14H,9-13H2,1-4H3,(H2,18,19,20);1H. The molecule has 6 nitrogen and oxygen atoms in total. The molecule has 0 saturated carbocycles. The lowest BCUT2D eigenvalue weighted by molar-refractivity contribution is 0.114. The summed E-state index contributed by atoms with van der Waals surface area (Å²) in [5, 5.41) is 6.42. The molecule has 0 aliphatic rings. The van der Waals surface area contributed by atoms with Gasteiger partial charge in [-0.3, -0.25) is 4.99 Å². The van der Waals surface area contributed by atoms with Crippen LogP contribution in [0, 0.1) is 5.92 Å². The minimum absolute atomic E-state index is 0. The van der Waals surface area contributed by atoms with Crippen molar-refractivity contribution in [3.63, 3.8) is 0 Å². The lowest BCUT2D eigenvalue weighted by Gasteiger charge is -2.12. The van der Waals surface area contributed by atoms with E-state index in [1.807, 2.05) is 12.1 Å². The molecule has 0 spiro atoms. The van der Waals surface area contributed by atoms with E-state index in [4.69, 9.17) is 4.74 Å². The second-order valence-electron chi connectivity index (χ2n) is 6.06. The molecule has 0 bridgehead atoms. The predicted molar refractivity (Wildman–Crippen MR) is 114 cm³/mol. The molecular weight excluding hydrogens is 453 g/mol. The van der Waals surface area contributed by atoms with E-state index in [0.717, 1.165) is 24.6 Å². The van der Waals surface area contributed by atoms with E-state index in [9.17, 15) is 8.42 Å². The van der Waals surface area contributed by atoms with Gasteiger partial charge >= 0.3 is 0 Å². The summed E-state index contributed by atoms with van der Waals surface area (Å²) in [6, 6.07) is 6.97. The van der Waals surface area contributed by atoms with E-state index >= 15 is 0 Å². The highest BCUT2D eigenvalue weighted by molar-refractivity contribution is 14.0. The monoisotopic (exact) mass is 483 g/mol. The average molecular weight is 483 g/mol. The van der Waals surface area contributed by atoms with Gasteiger partial charge in [-0.1, -0.05) is 26.0 Å². The molecule has 0 unspecified atom stereocenters. The fourth-order valence-corrected chi connectivity index (χ4v) is 2.64. The highest BCUT2D eigenvalue weighted by atomic mass is 127. The van der Waals surface area contributed by atoms with E-state index < -0.39 is 9.84 Å². The topological polar surface area (TPSA) is 79.8 Å². The van der Waals surface area contributed by atoms with Crippen LogP contribution in [0.15, 0.2) is 34.2 Å². The van der Waals surface area contributed by atoms with Crippen molar-refractivity contribution in [1.29, 1.82) is 0 Å². The van der Waals surface area contributed by atoms with E-state index in [2.05, 4.69) is 29.5 Å². The number of benzene rings is 1. The van der Waals surface area contributed by atoms with Crippen LogP contribution in [0.25, 0.3) is 0 Å². The maximum atomic E-state index is 11.4. The Hall–Kier alpha value is -0.870. The molecular formula is C17H30IN3O3S. The number of rotatable bonds is 9. The average Bonchev–Trinajstić information content (AvgIpc) is 2.52. The van der Waals surface area contributed by atoms with Crippen molar-refractivity contribution in [2.75, 3.05) is 39.6 Å². The van der Waals surface area contributed by atoms with Crippen LogP contribution in [-0.2, 0) is 21.0 Å². The molecule has 0 atom stereocenters. The number of hydrogen-bond acceptors (Lipinski definition) is 4. The Bertz CT molecular complexity index is 617. The second-order valence-corrected chi connectivity index (χ2v) is 8.08. The Morgan fingerprint density at radius 2 is 1.76 bits per heavy atom. The summed E-state index contributed by atoms with van der Waals surface area (Å²) in [4.78, 5) is 4.50. The summed E-state index contributed by atoms with van der Waals surface area (Å²) in [5.74, 6) is 1.27. The van der Waals surface area contributed by atoms with E-state index in [1.165, 1.54) is 6.26 Å². The van der Waals surface area contributed by atoms with Crippen molar-refractivity contribution in [2.24, 2.45) is 10.9 Å². The summed E-state index contributed by atoms with van der Waals surface area (Å²) in [5.41, 5.74) is 1.07. The van der Waals surface area contributed by atoms with Gasteiger partial charge in [-0.25, -0.2) is 8.42 Å². The van der Waals surface area contributed by atoms with Gasteiger partial charge in [-0.2, -0.15) is 0 Å². The fourth-order valence-electron chi connectivity index (χ4n) is 2.01. The summed E-state index contributed by atoms with van der Waals surface area (Å²) in [6.07, 6.45) is 2.00. The van der Waals surface area contributed by atoms with Gasteiger partial charge < -0.3 is 15.4 Å². The van der Waals surface area contributed by atoms with Crippen molar-refractivity contribution in [3.05, 3.63) is 29.8 Å². The number of ether oxygens (including phenoxy) is 1. The minimum atomic E-state index is -3.13. The van der Waals surface area contributed by atoms with Gasteiger partial charge in [0, 0.05) is 33.0 Å². The van der Waals surface area contributed by atoms with Crippen LogP contribution < -0.4 is 10.6 Å². The second kappa shape index (κ2) is 12.5. The number of hydrogen-bond donors (Lipinski definition) is 2. The number of nitrogens with zero attached hydrogens (tertiary/aromatic N) is 1. The molecule has 0 aromatic heterocycles. The van der Waals surface area contributed by atoms with Gasteiger partial charge in [0.25, 0.3) is 0 Å². The van der Waals surface area contributed by atoms with Crippen LogP contribution in [-0.4, -0.2) is 54.0 Å². The molecule has 1 aromatic rings. The molecule has 1 rings (SSSR count). The van der Waals surface area contributed by atoms with Crippen LogP contribution in [0.4, 0.5) is 0 Å². The molecule has 0 heterocycles. The lowest BCUT2D eigenvalue weighted by atomic mass is 10.1. The number of guanidine groups is 1. The van der Waals surface area contributed by atoms with Crippen LogP contribution in [0.3, 0.4) is 0 Å². The van der Waals surface area contributed by atoms with Crippen LogP contribution in [0.5, 0.6) is 0 Å². The van der Waals surface area contributed by atoms with Crippen molar-refractivity contribution >= 4 is 39.8 Å². The molecule has 0 saturated heterocycles. The summed E-state index contributed by atoms with van der Waals surface area (Å²) < 4.78 is 28.4. The Morgan fingerprint density at radius 1 is 1.16 bits per heavy atom. The first-order chi connectivity index (χ1) is 11.3. The third-order valence-corrected chi connectivity index (χ3v) is 4.40. The van der Waals surface area contributed by atoms with Gasteiger partial charge in [0.1, 0.15) is 0 Å². The third kappa shape index (κ3) is 10.7. The Kier molecular flexibility index (Phi) is 12.0. The van der Waals surface area contributed by atoms with Crippen molar-refractivity contribution < 1.29 is 13.2 Å². The Labute approximate surface area is 168 Å². The third-order valence-electron chi connectivity index (χ3n) is 3.27. The molecule has 1 aromatic carbocycles. The smallest absolute Gasteiger partial charge is 0.191 e. The molecule has 0 aliphatic heterocycles. The Morgan fingerprint density at radius 3 is 2.28 bits per heavy atom. The SMILES string of the molecule is CN=C(NCCOCC(C)C)NCCc1ccc(S(C)(=O)=O)cc1.I. The molecule has 0 amide bonds. The van der Waals surface area contributed by atoms with E-state index in [1.54, 1.807) is 19.2 Å². The molecule has 0 fully saturated rings. The quantitative estimate of drug-likeness (QED) is 0.244. The van der Waals surface area contributed by atoms with Gasteiger partial charge in [-0.05, 0) is 30.0 Å². The van der Waals surface area contributed by atoms with Gasteiger partial charge in [0.2, 0.25) is 0 Å². The number of halogens is 1. The first kappa shape index (κ1) is 24.1. The largest absolute Gasteiger partial charge is 0.379 e. The first-order valence-electron chi connectivity index (χ1n) is 8.14. The van der Waals surface area contributed by atoms with Crippen LogP contribution in [0.2, 0.25) is 0 Å². The molecule has 0 radical (unpaired) electrons. The maximum absolute atomic E-state index is 11.4. The van der Waals surface area contributed by atoms with Gasteiger partial charge in [0.05, 0.1) is 11.5 Å². The fraction of sp³-hybridized carbons (Fsp3) is 0.588. The zero-order valence-corrected chi connectivity index (χ0v) is 18.6. The van der Waals surface area contributed by atoms with Crippen molar-refractivity contribution in [2.45, 2.75) is 25.2 Å². The predicted octanol–water partition coefficient (Wildman–Crippen LogP) is 2.09. The number of aliphatic imine (C=N–C) groups is 1. The maximum Gasteiger partial charge on any atom is 0.191 e. The number of sulfone groups is 1. The molecule has 8 heteroatoms. The van der Waals surface area contributed by atoms with Crippen molar-refractivity contribution in [3.8, 4) is 0 Å². The Balaban J connectivity index is 0.00000576. The highest BCUT2D eigenvalue weighted by Gasteiger charge is 2.06. The number of nitrogens with one attached hydrogen (secondary N) is 2. The summed E-state index contributed by atoms with van der Waals surface area (Å²) >= 11 is 0. The zero-order valence-electron chi connectivity index (χ0n) is 15.4. The van der Waals surface area contributed by atoms with E-state index in [0.29, 0.717) is 30.5 Å². The first-order valence-corrected chi connectivity index (χ1v) is 10.0. The van der Waals surface area contributed by atoms with Crippen molar-refractivity contribution in [1.82, 2.24) is 10.6 Å². The molecule has 144 valence electrons. The summed E-state index contributed by atoms with van der Waals surface area (Å²) in [6.45, 7) is 7.07. The molecule has 2 N–H and O–H groups in total. The normalized spacial score (nSPS) is 12.0. The van der Waals surface area contributed by atoms with Crippen LogP contribution in [0.1, 0.15) is 19.4 Å². The molecule has 0 aliphatic carbocycles. The minimum Gasteiger partial charge on any atom is -0.379 e.